The fourth-order valence-electron chi connectivity index (χ4n) is 3.76. The predicted octanol–water partition coefficient (Wildman–Crippen LogP) is 2.64. The van der Waals surface area contributed by atoms with Gasteiger partial charge >= 0.3 is 12.1 Å². The van der Waals surface area contributed by atoms with Crippen molar-refractivity contribution in [3.63, 3.8) is 0 Å². The van der Waals surface area contributed by atoms with Crippen molar-refractivity contribution >= 4 is 11.8 Å². The van der Waals surface area contributed by atoms with Gasteiger partial charge in [0.2, 0.25) is 0 Å². The summed E-state index contributed by atoms with van der Waals surface area (Å²) in [7, 11) is 0. The number of nitrogens with zero attached hydrogens (tertiary/aromatic N) is 3. The van der Waals surface area contributed by atoms with Crippen molar-refractivity contribution < 1.29 is 27.8 Å². The van der Waals surface area contributed by atoms with E-state index in [1.165, 1.54) is 25.9 Å². The van der Waals surface area contributed by atoms with Crippen LogP contribution < -0.4 is 5.32 Å². The van der Waals surface area contributed by atoms with Gasteiger partial charge in [0.15, 0.2) is 0 Å². The second-order valence-corrected chi connectivity index (χ2v) is 7.79. The Morgan fingerprint density at radius 3 is 2.79 bits per heavy atom. The van der Waals surface area contributed by atoms with Crippen LogP contribution in [0.5, 0.6) is 0 Å². The Kier molecular flexibility index (Phi) is 6.29. The van der Waals surface area contributed by atoms with Crippen molar-refractivity contribution in [1.82, 2.24) is 9.88 Å². The summed E-state index contributed by atoms with van der Waals surface area (Å²) in [4.78, 5) is 15.8. The molecule has 0 amide bonds. The summed E-state index contributed by atoms with van der Waals surface area (Å²) >= 11 is 0. The van der Waals surface area contributed by atoms with Gasteiger partial charge in [-0.3, -0.25) is 0 Å². The molecular formula is C19H23F3N4O3. The van der Waals surface area contributed by atoms with Gasteiger partial charge in [-0.15, -0.1) is 0 Å². The van der Waals surface area contributed by atoms with E-state index in [0.29, 0.717) is 11.7 Å². The van der Waals surface area contributed by atoms with E-state index in [9.17, 15) is 13.2 Å². The molecule has 1 aromatic heterocycles. The molecule has 7 nitrogen and oxygen atoms in total. The molecule has 2 aliphatic heterocycles. The molecule has 4 rings (SSSR count). The largest absolute Gasteiger partial charge is 0.490 e. The molecule has 0 bridgehead atoms. The molecular weight excluding hydrogens is 389 g/mol. The third-order valence-electron chi connectivity index (χ3n) is 5.28. The number of hydrogen-bond acceptors (Lipinski definition) is 6. The Hall–Kier alpha value is -2.38. The van der Waals surface area contributed by atoms with Gasteiger partial charge in [0.25, 0.3) is 0 Å². The minimum Gasteiger partial charge on any atom is -0.475 e. The van der Waals surface area contributed by atoms with E-state index in [0.717, 1.165) is 37.7 Å². The van der Waals surface area contributed by atoms with E-state index in [-0.39, 0.29) is 5.60 Å². The monoisotopic (exact) mass is 412 g/mol. The van der Waals surface area contributed by atoms with Gasteiger partial charge in [-0.2, -0.15) is 18.4 Å². The van der Waals surface area contributed by atoms with Gasteiger partial charge in [0, 0.05) is 26.1 Å². The van der Waals surface area contributed by atoms with Crippen LogP contribution in [0, 0.1) is 17.2 Å². The lowest BCUT2D eigenvalue weighted by atomic mass is 9.97. The highest BCUT2D eigenvalue weighted by Gasteiger charge is 2.46. The van der Waals surface area contributed by atoms with Gasteiger partial charge < -0.3 is 20.1 Å². The molecule has 1 spiro atoms. The fourth-order valence-corrected chi connectivity index (χ4v) is 3.76. The molecule has 1 aliphatic carbocycles. The standard InChI is InChI=1S/C17H22N4O.C2HF3O2/c18-9-14-2-1-3-16(19-14)20-15-8-17(22-11-15)6-7-21(12-17)10-13-4-5-13;3-2(4,5)1(6)7/h1-3,13,15H,4-8,10-12H2,(H,19,20);(H,6,7). The van der Waals surface area contributed by atoms with E-state index in [2.05, 4.69) is 21.3 Å². The highest BCUT2D eigenvalue weighted by molar-refractivity contribution is 5.73. The Morgan fingerprint density at radius 1 is 1.45 bits per heavy atom. The van der Waals surface area contributed by atoms with Crippen LogP contribution in [0.1, 0.15) is 31.4 Å². The van der Waals surface area contributed by atoms with Gasteiger partial charge in [-0.25, -0.2) is 9.78 Å². The number of halogens is 3. The smallest absolute Gasteiger partial charge is 0.475 e. The van der Waals surface area contributed by atoms with Gasteiger partial charge in [0.05, 0.1) is 18.2 Å². The number of alkyl halides is 3. The maximum Gasteiger partial charge on any atom is 0.490 e. The molecule has 3 aliphatic rings. The number of carboxylic acid groups (broad SMARTS) is 1. The maximum absolute atomic E-state index is 10.6. The second kappa shape index (κ2) is 8.55. The number of aromatic nitrogens is 1. The molecule has 1 aromatic rings. The van der Waals surface area contributed by atoms with Crippen molar-refractivity contribution in [2.75, 3.05) is 31.6 Å². The molecule has 1 saturated carbocycles. The average molecular weight is 412 g/mol. The Morgan fingerprint density at radius 2 is 2.17 bits per heavy atom. The number of hydrogen-bond donors (Lipinski definition) is 2. The van der Waals surface area contributed by atoms with Crippen LogP contribution in [0.3, 0.4) is 0 Å². The number of ether oxygens (including phenoxy) is 1. The summed E-state index contributed by atoms with van der Waals surface area (Å²) in [5, 5.41) is 19.5. The molecule has 2 saturated heterocycles. The van der Waals surface area contributed by atoms with Crippen LogP contribution in [0.25, 0.3) is 0 Å². The number of aliphatic carboxylic acids is 1. The second-order valence-electron chi connectivity index (χ2n) is 7.79. The van der Waals surface area contributed by atoms with E-state index in [4.69, 9.17) is 19.9 Å². The van der Waals surface area contributed by atoms with Crippen LogP contribution in [-0.4, -0.2) is 65.0 Å². The zero-order valence-corrected chi connectivity index (χ0v) is 15.8. The molecule has 3 heterocycles. The molecule has 0 aromatic carbocycles. The number of rotatable bonds is 4. The first-order valence-corrected chi connectivity index (χ1v) is 9.49. The number of nitrogens with one attached hydrogen (secondary N) is 1. The average Bonchev–Trinajstić information content (AvgIpc) is 3.27. The van der Waals surface area contributed by atoms with Crippen LogP contribution in [-0.2, 0) is 9.53 Å². The first-order chi connectivity index (χ1) is 13.7. The van der Waals surface area contributed by atoms with E-state index >= 15 is 0 Å². The van der Waals surface area contributed by atoms with Crippen LogP contribution in [0.15, 0.2) is 18.2 Å². The Labute approximate surface area is 166 Å². The van der Waals surface area contributed by atoms with Crippen molar-refractivity contribution in [3.05, 3.63) is 23.9 Å². The molecule has 2 unspecified atom stereocenters. The molecule has 2 N–H and O–H groups in total. The summed E-state index contributed by atoms with van der Waals surface area (Å²) < 4.78 is 37.9. The molecule has 29 heavy (non-hydrogen) atoms. The lowest BCUT2D eigenvalue weighted by Gasteiger charge is -2.23. The molecule has 3 fully saturated rings. The first-order valence-electron chi connectivity index (χ1n) is 9.49. The highest BCUT2D eigenvalue weighted by Crippen LogP contribution is 2.38. The van der Waals surface area contributed by atoms with Crippen molar-refractivity contribution in [2.45, 2.75) is 43.5 Å². The number of pyridine rings is 1. The van der Waals surface area contributed by atoms with Crippen LogP contribution in [0.2, 0.25) is 0 Å². The topological polar surface area (TPSA) is 98.5 Å². The fraction of sp³-hybridized carbons (Fsp3) is 0.632. The Balaban J connectivity index is 0.000000298. The third kappa shape index (κ3) is 6.05. The van der Waals surface area contributed by atoms with Crippen molar-refractivity contribution in [2.24, 2.45) is 5.92 Å². The summed E-state index contributed by atoms with van der Waals surface area (Å²) in [6.07, 6.45) is -0.0823. The molecule has 0 radical (unpaired) electrons. The number of nitriles is 1. The van der Waals surface area contributed by atoms with E-state index < -0.39 is 12.1 Å². The normalized spacial score (nSPS) is 26.6. The Bertz CT molecular complexity index is 779. The quantitative estimate of drug-likeness (QED) is 0.784. The number of anilines is 1. The first kappa shape index (κ1) is 21.3. The number of carboxylic acids is 1. The summed E-state index contributed by atoms with van der Waals surface area (Å²) in [5.41, 5.74) is 0.495. The van der Waals surface area contributed by atoms with E-state index in [1.54, 1.807) is 6.07 Å². The minimum atomic E-state index is -5.08. The summed E-state index contributed by atoms with van der Waals surface area (Å²) in [6, 6.07) is 7.89. The van der Waals surface area contributed by atoms with Gasteiger partial charge in [-0.05, 0) is 37.3 Å². The maximum atomic E-state index is 10.6. The lowest BCUT2D eigenvalue weighted by Crippen LogP contribution is -2.34. The van der Waals surface area contributed by atoms with Crippen LogP contribution >= 0.6 is 0 Å². The van der Waals surface area contributed by atoms with Crippen LogP contribution in [0.4, 0.5) is 19.0 Å². The van der Waals surface area contributed by atoms with Gasteiger partial charge in [-0.1, -0.05) is 6.07 Å². The molecule has 2 atom stereocenters. The minimum absolute atomic E-state index is 0.0411. The van der Waals surface area contributed by atoms with Gasteiger partial charge in [0.1, 0.15) is 17.6 Å². The predicted molar refractivity (Wildman–Crippen MR) is 97.1 cm³/mol. The summed E-state index contributed by atoms with van der Waals surface area (Å²) in [5.74, 6) is -1.03. The number of carbonyl (C=O) groups is 1. The lowest BCUT2D eigenvalue weighted by molar-refractivity contribution is -0.192. The van der Waals surface area contributed by atoms with Crippen molar-refractivity contribution in [3.8, 4) is 6.07 Å². The SMILES string of the molecule is N#Cc1cccc(NC2COC3(CCN(CC4CC4)C3)C2)n1.O=C(O)C(F)(F)F. The summed E-state index contributed by atoms with van der Waals surface area (Å²) in [6.45, 7) is 4.24. The van der Waals surface area contributed by atoms with Crippen molar-refractivity contribution in [1.29, 1.82) is 5.26 Å². The molecule has 158 valence electrons. The zero-order chi connectivity index (χ0) is 21.1. The zero-order valence-electron chi connectivity index (χ0n) is 15.8. The molecule has 10 heteroatoms. The number of likely N-dealkylation sites (tertiary alicyclic amines) is 1. The highest BCUT2D eigenvalue weighted by atomic mass is 19.4. The van der Waals surface area contributed by atoms with E-state index in [1.807, 2.05) is 12.1 Å². The third-order valence-corrected chi connectivity index (χ3v) is 5.28.